The molecule has 0 aromatic heterocycles. The standard InChI is InChI=1S/C89H77B2N5/c1-89(2)73-50-61(59-38-40-60(41-39-59)65-55-84-88-86(56-65)96(69-32-18-9-19-33-69)82-49-45-70(92(3)4)57-78(82)91(88)76-35-21-23-37-80(76)94(84)67-28-14-7-15-29-67)42-46-71(73)72-47-43-62(51-74(72)89)63-44-48-81-77(52-63)90-75-34-20-22-36-79(75)93(66-26-12-6-13-27-66)83-53-64(58-24-10-5-11-25-58)54-85(87(83)90)95(81)68-30-16-8-17-31-68/h6-9,12-23,26-37,42-60H,5,10-11,24-25,38-41H2,1-4H3. The monoisotopic (exact) mass is 1240 g/mol. The van der Waals surface area contributed by atoms with Crippen LogP contribution in [0.15, 0.2) is 267 Å². The van der Waals surface area contributed by atoms with Crippen molar-refractivity contribution in [3.05, 3.63) is 295 Å². The van der Waals surface area contributed by atoms with Gasteiger partial charge in [0.1, 0.15) is 0 Å². The van der Waals surface area contributed by atoms with Crippen LogP contribution in [0.5, 0.6) is 0 Å². The van der Waals surface area contributed by atoms with Crippen molar-refractivity contribution in [1.82, 2.24) is 0 Å². The van der Waals surface area contributed by atoms with Gasteiger partial charge >= 0.3 is 0 Å². The first-order chi connectivity index (χ1) is 47.2. The van der Waals surface area contributed by atoms with E-state index in [1.807, 2.05) is 0 Å². The average molecular weight is 1240 g/mol. The summed E-state index contributed by atoms with van der Waals surface area (Å²) in [6, 6.07) is 103. The lowest BCUT2D eigenvalue weighted by Gasteiger charge is -2.45. The Labute approximate surface area is 567 Å². The molecule has 12 aromatic rings. The van der Waals surface area contributed by atoms with Crippen LogP contribution in [0.1, 0.15) is 117 Å². The Morgan fingerprint density at radius 1 is 0.312 bits per heavy atom. The molecule has 12 aromatic carbocycles. The maximum atomic E-state index is 2.63. The van der Waals surface area contributed by atoms with E-state index in [9.17, 15) is 0 Å². The quantitative estimate of drug-likeness (QED) is 0.134. The normalized spacial score (nSPS) is 17.5. The largest absolute Gasteiger partial charge is 0.378 e. The topological polar surface area (TPSA) is 16.2 Å². The second-order valence-electron chi connectivity index (χ2n) is 29.1. The van der Waals surface area contributed by atoms with Gasteiger partial charge in [0.25, 0.3) is 13.4 Å². The minimum Gasteiger partial charge on any atom is -0.378 e. The van der Waals surface area contributed by atoms with E-state index in [1.54, 1.807) is 0 Å². The molecule has 0 unspecified atom stereocenters. The molecule has 2 saturated carbocycles. The molecule has 4 heterocycles. The third-order valence-corrected chi connectivity index (χ3v) is 23.3. The predicted molar refractivity (Wildman–Crippen MR) is 408 cm³/mol. The van der Waals surface area contributed by atoms with Crippen LogP contribution >= 0.6 is 0 Å². The minimum atomic E-state index is -0.178. The highest BCUT2D eigenvalue weighted by Gasteiger charge is 2.47. The van der Waals surface area contributed by atoms with Crippen LogP contribution in [0.25, 0.3) is 22.3 Å². The average Bonchev–Trinajstić information content (AvgIpc) is 0.881. The Balaban J connectivity index is 0.659. The number of fused-ring (bicyclic) bond motifs is 11. The Bertz CT molecular complexity index is 5020. The number of hydrogen-bond acceptors (Lipinski definition) is 5. The fourth-order valence-corrected chi connectivity index (χ4v) is 18.7. The van der Waals surface area contributed by atoms with E-state index in [-0.39, 0.29) is 18.8 Å². The zero-order chi connectivity index (χ0) is 63.9. The molecular weight excluding hydrogens is 1160 g/mol. The minimum absolute atomic E-state index is 0.0479. The summed E-state index contributed by atoms with van der Waals surface area (Å²) >= 11 is 0. The molecule has 0 radical (unpaired) electrons. The van der Waals surface area contributed by atoms with Gasteiger partial charge in [0, 0.05) is 93.4 Å². The zero-order valence-electron chi connectivity index (χ0n) is 55.4. The first-order valence-corrected chi connectivity index (χ1v) is 35.4. The highest BCUT2D eigenvalue weighted by Crippen LogP contribution is 2.54. The van der Waals surface area contributed by atoms with E-state index in [0.29, 0.717) is 17.8 Å². The summed E-state index contributed by atoms with van der Waals surface area (Å²) in [4.78, 5) is 12.6. The fourth-order valence-electron chi connectivity index (χ4n) is 18.7. The number of benzene rings is 12. The molecule has 0 saturated heterocycles. The van der Waals surface area contributed by atoms with Crippen molar-refractivity contribution in [2.45, 2.75) is 94.8 Å². The summed E-state index contributed by atoms with van der Waals surface area (Å²) in [5.41, 5.74) is 36.8. The van der Waals surface area contributed by atoms with Crippen molar-refractivity contribution in [1.29, 1.82) is 0 Å². The van der Waals surface area contributed by atoms with Gasteiger partial charge in [-0.3, -0.25) is 0 Å². The lowest BCUT2D eigenvalue weighted by molar-refractivity contribution is 0.396. The van der Waals surface area contributed by atoms with E-state index in [0.717, 1.165) is 25.7 Å². The fraction of sp³-hybridized carbons (Fsp3) is 0.191. The molecule has 0 spiro atoms. The maximum absolute atomic E-state index is 2.63. The van der Waals surface area contributed by atoms with Crippen LogP contribution in [0, 0.1) is 0 Å². The number of para-hydroxylation sites is 6. The third-order valence-electron chi connectivity index (χ3n) is 23.3. The summed E-state index contributed by atoms with van der Waals surface area (Å²) in [7, 11) is 4.32. The molecule has 96 heavy (non-hydrogen) atoms. The van der Waals surface area contributed by atoms with Gasteiger partial charge in [-0.15, -0.1) is 0 Å². The number of hydrogen-bond donors (Lipinski definition) is 0. The molecule has 464 valence electrons. The first kappa shape index (κ1) is 57.2. The second-order valence-corrected chi connectivity index (χ2v) is 29.1. The van der Waals surface area contributed by atoms with E-state index in [2.05, 4.69) is 319 Å². The van der Waals surface area contributed by atoms with Gasteiger partial charge in [0.15, 0.2) is 0 Å². The molecule has 0 N–H and O–H groups in total. The van der Waals surface area contributed by atoms with Crippen molar-refractivity contribution in [3.63, 3.8) is 0 Å². The maximum Gasteiger partial charge on any atom is 0.252 e. The molecular formula is C89H77B2N5. The Hall–Kier alpha value is -10.2. The SMILES string of the molecule is CN(C)c1ccc2c(c1)B1c3ccccc3N(c3ccccc3)c3cc(C4CCC(c5ccc6c(c5)C(C)(C)c5cc(-c7ccc8c(c7)B7c9ccccc9N(c9ccccc9)c9cc(C%10CCCCC%10)cc(c97)N8c7ccccc7)ccc5-6)CC4)cc(c31)N2c1ccccc1. The van der Waals surface area contributed by atoms with Crippen molar-refractivity contribution in [3.8, 4) is 22.3 Å². The van der Waals surface area contributed by atoms with Crippen LogP contribution in [0.3, 0.4) is 0 Å². The van der Waals surface area contributed by atoms with E-state index < -0.39 is 0 Å². The first-order valence-electron chi connectivity index (χ1n) is 35.4. The highest BCUT2D eigenvalue weighted by atomic mass is 15.2. The van der Waals surface area contributed by atoms with E-state index in [4.69, 9.17) is 0 Å². The van der Waals surface area contributed by atoms with Crippen LogP contribution in [0.2, 0.25) is 0 Å². The van der Waals surface area contributed by atoms with Gasteiger partial charge in [-0.1, -0.05) is 185 Å². The summed E-state index contributed by atoms with van der Waals surface area (Å²) in [5.74, 6) is 1.47. The van der Waals surface area contributed by atoms with Gasteiger partial charge in [0.05, 0.1) is 0 Å². The van der Waals surface area contributed by atoms with Crippen molar-refractivity contribution in [2.24, 2.45) is 0 Å². The number of rotatable bonds is 9. The smallest absolute Gasteiger partial charge is 0.252 e. The lowest BCUT2D eigenvalue weighted by atomic mass is 9.33. The highest BCUT2D eigenvalue weighted by molar-refractivity contribution is 7.01. The molecule has 0 bridgehead atoms. The molecule has 0 amide bonds. The van der Waals surface area contributed by atoms with Gasteiger partial charge in [-0.2, -0.15) is 0 Å². The van der Waals surface area contributed by atoms with Crippen LogP contribution in [-0.4, -0.2) is 27.5 Å². The number of anilines is 13. The van der Waals surface area contributed by atoms with Gasteiger partial charge in [-0.25, -0.2) is 0 Å². The zero-order valence-corrected chi connectivity index (χ0v) is 55.4. The van der Waals surface area contributed by atoms with Gasteiger partial charge in [0.2, 0.25) is 0 Å². The Morgan fingerprint density at radius 3 is 1.17 bits per heavy atom. The van der Waals surface area contributed by atoms with Crippen molar-refractivity contribution < 1.29 is 0 Å². The van der Waals surface area contributed by atoms with Gasteiger partial charge < -0.3 is 24.5 Å². The van der Waals surface area contributed by atoms with Crippen LogP contribution in [0.4, 0.5) is 73.9 Å². The second kappa shape index (κ2) is 22.5. The van der Waals surface area contributed by atoms with Crippen molar-refractivity contribution >= 4 is 120 Å². The molecule has 7 aliphatic rings. The molecule has 7 heteroatoms. The molecule has 19 rings (SSSR count). The molecule has 3 aliphatic carbocycles. The van der Waals surface area contributed by atoms with E-state index in [1.165, 1.54) is 189 Å². The van der Waals surface area contributed by atoms with Crippen LogP contribution in [-0.2, 0) is 5.41 Å². The predicted octanol–water partition coefficient (Wildman–Crippen LogP) is 19.4. The summed E-state index contributed by atoms with van der Waals surface area (Å²) < 4.78 is 0. The van der Waals surface area contributed by atoms with Crippen LogP contribution < -0.4 is 57.3 Å². The summed E-state index contributed by atoms with van der Waals surface area (Å²) in [5, 5.41) is 0. The Morgan fingerprint density at radius 2 is 0.688 bits per heavy atom. The van der Waals surface area contributed by atoms with E-state index >= 15 is 0 Å². The molecule has 0 atom stereocenters. The summed E-state index contributed by atoms with van der Waals surface area (Å²) in [6.45, 7) is 5.08. The third kappa shape index (κ3) is 8.91. The Kier molecular flexibility index (Phi) is 13.4. The summed E-state index contributed by atoms with van der Waals surface area (Å²) in [6.07, 6.45) is 11.0. The van der Waals surface area contributed by atoms with Crippen molar-refractivity contribution in [2.75, 3.05) is 38.6 Å². The number of nitrogens with zero attached hydrogens (tertiary/aromatic N) is 5. The molecule has 5 nitrogen and oxygen atoms in total. The molecule has 4 aliphatic heterocycles. The lowest BCUT2D eigenvalue weighted by Crippen LogP contribution is -2.61. The van der Waals surface area contributed by atoms with Gasteiger partial charge in [-0.05, 0) is 254 Å². The molecule has 2 fully saturated rings.